The Kier molecular flexibility index (Phi) is 3.11. The molecule has 2 rings (SSSR count). The largest absolute Gasteiger partial charge is 0.382 e. The van der Waals surface area contributed by atoms with E-state index < -0.39 is 6.04 Å². The second kappa shape index (κ2) is 4.39. The Hall–Kier alpha value is -1.14. The Morgan fingerprint density at radius 3 is 2.94 bits per heavy atom. The van der Waals surface area contributed by atoms with E-state index in [0.29, 0.717) is 15.8 Å². The van der Waals surface area contributed by atoms with Gasteiger partial charge in [0.2, 0.25) is 5.91 Å². The van der Waals surface area contributed by atoms with Crippen LogP contribution in [0.2, 0.25) is 0 Å². The maximum absolute atomic E-state index is 13.3. The summed E-state index contributed by atoms with van der Waals surface area (Å²) in [5, 5.41) is 5.60. The zero-order chi connectivity index (χ0) is 11.7. The van der Waals surface area contributed by atoms with Crippen molar-refractivity contribution in [2.75, 3.05) is 24.4 Å². The van der Waals surface area contributed by atoms with E-state index >= 15 is 0 Å². The SMILES string of the molecule is COCC1Nc2cc(F)c(Br)cc2NC1=O. The van der Waals surface area contributed by atoms with Gasteiger partial charge in [0.1, 0.15) is 11.9 Å². The van der Waals surface area contributed by atoms with Crippen LogP contribution >= 0.6 is 15.9 Å². The molecule has 1 atom stereocenters. The van der Waals surface area contributed by atoms with Crippen molar-refractivity contribution in [1.29, 1.82) is 0 Å². The number of hydrogen-bond acceptors (Lipinski definition) is 3. The molecule has 0 saturated carbocycles. The van der Waals surface area contributed by atoms with Crippen LogP contribution in [0.4, 0.5) is 15.8 Å². The quantitative estimate of drug-likeness (QED) is 0.875. The third-order valence-corrected chi connectivity index (χ3v) is 2.91. The molecule has 1 amide bonds. The summed E-state index contributed by atoms with van der Waals surface area (Å²) in [5.41, 5.74) is 1.12. The highest BCUT2D eigenvalue weighted by atomic mass is 79.9. The summed E-state index contributed by atoms with van der Waals surface area (Å²) in [5.74, 6) is -0.563. The number of ether oxygens (including phenoxy) is 1. The first-order valence-corrected chi connectivity index (χ1v) is 5.46. The van der Waals surface area contributed by atoms with Crippen molar-refractivity contribution in [2.24, 2.45) is 0 Å². The van der Waals surface area contributed by atoms with E-state index in [1.54, 1.807) is 0 Å². The lowest BCUT2D eigenvalue weighted by Gasteiger charge is -2.26. The molecule has 0 fully saturated rings. The lowest BCUT2D eigenvalue weighted by molar-refractivity contribution is -0.118. The summed E-state index contributed by atoms with van der Waals surface area (Å²) in [6, 6.07) is 2.37. The van der Waals surface area contributed by atoms with Gasteiger partial charge in [-0.05, 0) is 22.0 Å². The highest BCUT2D eigenvalue weighted by Crippen LogP contribution is 2.31. The number of fused-ring (bicyclic) bond motifs is 1. The van der Waals surface area contributed by atoms with E-state index in [-0.39, 0.29) is 18.3 Å². The Morgan fingerprint density at radius 2 is 2.25 bits per heavy atom. The van der Waals surface area contributed by atoms with Crippen molar-refractivity contribution in [1.82, 2.24) is 0 Å². The van der Waals surface area contributed by atoms with E-state index in [1.165, 1.54) is 19.2 Å². The molecule has 16 heavy (non-hydrogen) atoms. The lowest BCUT2D eigenvalue weighted by Crippen LogP contribution is -2.41. The number of nitrogens with one attached hydrogen (secondary N) is 2. The number of methoxy groups -OCH3 is 1. The number of halogens is 2. The van der Waals surface area contributed by atoms with Crippen molar-refractivity contribution in [3.8, 4) is 0 Å². The van der Waals surface area contributed by atoms with E-state index in [9.17, 15) is 9.18 Å². The molecule has 86 valence electrons. The molecule has 2 N–H and O–H groups in total. The summed E-state index contributed by atoms with van der Waals surface area (Å²) in [6.45, 7) is 0.239. The normalized spacial score (nSPS) is 18.7. The first kappa shape index (κ1) is 11.3. The average molecular weight is 289 g/mol. The molecule has 1 aliphatic heterocycles. The summed E-state index contributed by atoms with van der Waals surface area (Å²) in [4.78, 5) is 11.6. The minimum Gasteiger partial charge on any atom is -0.382 e. The molecule has 1 unspecified atom stereocenters. The van der Waals surface area contributed by atoms with E-state index in [4.69, 9.17) is 4.74 Å². The zero-order valence-electron chi connectivity index (χ0n) is 8.51. The lowest BCUT2D eigenvalue weighted by atomic mass is 10.1. The Balaban J connectivity index is 2.32. The Labute approximate surface area is 100 Å². The topological polar surface area (TPSA) is 50.4 Å². The number of carbonyl (C=O) groups is 1. The van der Waals surface area contributed by atoms with Crippen LogP contribution in [-0.2, 0) is 9.53 Å². The van der Waals surface area contributed by atoms with Gasteiger partial charge in [-0.2, -0.15) is 0 Å². The molecule has 0 aliphatic carbocycles. The second-order valence-electron chi connectivity index (χ2n) is 3.45. The van der Waals surface area contributed by atoms with Gasteiger partial charge in [-0.15, -0.1) is 0 Å². The third kappa shape index (κ3) is 2.03. The molecule has 1 heterocycles. The predicted octanol–water partition coefficient (Wildman–Crippen LogP) is 1.97. The van der Waals surface area contributed by atoms with Crippen LogP contribution in [0.1, 0.15) is 0 Å². The first-order valence-electron chi connectivity index (χ1n) is 4.67. The monoisotopic (exact) mass is 288 g/mol. The van der Waals surface area contributed by atoms with Gasteiger partial charge in [0.05, 0.1) is 22.5 Å². The number of benzene rings is 1. The number of hydrogen-bond donors (Lipinski definition) is 2. The van der Waals surface area contributed by atoms with Gasteiger partial charge in [-0.1, -0.05) is 0 Å². The van der Waals surface area contributed by atoms with Crippen LogP contribution in [0, 0.1) is 5.82 Å². The molecule has 0 spiro atoms. The summed E-state index contributed by atoms with van der Waals surface area (Å²) in [6.07, 6.45) is 0. The fourth-order valence-electron chi connectivity index (χ4n) is 1.53. The molecule has 0 bridgehead atoms. The molecule has 0 radical (unpaired) electrons. The van der Waals surface area contributed by atoms with Crippen LogP contribution in [0.5, 0.6) is 0 Å². The zero-order valence-corrected chi connectivity index (χ0v) is 10.1. The molecule has 1 aromatic carbocycles. The van der Waals surface area contributed by atoms with E-state index in [0.717, 1.165) is 0 Å². The van der Waals surface area contributed by atoms with Gasteiger partial charge >= 0.3 is 0 Å². The number of amides is 1. The van der Waals surface area contributed by atoms with Crippen LogP contribution in [0.25, 0.3) is 0 Å². The molecular formula is C10H10BrFN2O2. The van der Waals surface area contributed by atoms with E-state index in [1.807, 2.05) is 0 Å². The molecule has 0 saturated heterocycles. The summed E-state index contributed by atoms with van der Waals surface area (Å²) < 4.78 is 18.5. The first-order chi connectivity index (χ1) is 7.61. The second-order valence-corrected chi connectivity index (χ2v) is 4.31. The standard InChI is InChI=1S/C10H10BrFN2O2/c1-16-4-9-10(15)14-7-2-5(11)6(12)3-8(7)13-9/h2-3,9,13H,4H2,1H3,(H,14,15). The van der Waals surface area contributed by atoms with E-state index in [2.05, 4.69) is 26.6 Å². The fraction of sp³-hybridized carbons (Fsp3) is 0.300. The van der Waals surface area contributed by atoms with Crippen molar-refractivity contribution in [2.45, 2.75) is 6.04 Å². The van der Waals surface area contributed by atoms with Crippen molar-refractivity contribution in [3.05, 3.63) is 22.4 Å². The highest BCUT2D eigenvalue weighted by Gasteiger charge is 2.26. The Morgan fingerprint density at radius 1 is 1.50 bits per heavy atom. The molecule has 0 aromatic heterocycles. The number of anilines is 2. The number of carbonyl (C=O) groups excluding carboxylic acids is 1. The van der Waals surface area contributed by atoms with Gasteiger partial charge in [0, 0.05) is 13.2 Å². The Bertz CT molecular complexity index is 439. The van der Waals surface area contributed by atoms with Crippen molar-refractivity contribution in [3.63, 3.8) is 0 Å². The third-order valence-electron chi connectivity index (χ3n) is 2.30. The summed E-state index contributed by atoms with van der Waals surface area (Å²) >= 11 is 3.06. The highest BCUT2D eigenvalue weighted by molar-refractivity contribution is 9.10. The van der Waals surface area contributed by atoms with Crippen molar-refractivity contribution < 1.29 is 13.9 Å². The minimum absolute atomic E-state index is 0.187. The van der Waals surface area contributed by atoms with Crippen molar-refractivity contribution >= 4 is 33.2 Å². The van der Waals surface area contributed by atoms with Gasteiger partial charge in [-0.3, -0.25) is 4.79 Å². The molecule has 6 heteroatoms. The smallest absolute Gasteiger partial charge is 0.249 e. The molecule has 4 nitrogen and oxygen atoms in total. The maximum Gasteiger partial charge on any atom is 0.249 e. The van der Waals surface area contributed by atoms with Crippen LogP contribution in [0.15, 0.2) is 16.6 Å². The summed E-state index contributed by atoms with van der Waals surface area (Å²) in [7, 11) is 1.51. The van der Waals surface area contributed by atoms with Gasteiger partial charge in [0.25, 0.3) is 0 Å². The van der Waals surface area contributed by atoms with Crippen LogP contribution < -0.4 is 10.6 Å². The average Bonchev–Trinajstić information content (AvgIpc) is 2.23. The van der Waals surface area contributed by atoms with Crippen LogP contribution in [0.3, 0.4) is 0 Å². The van der Waals surface area contributed by atoms with Gasteiger partial charge in [-0.25, -0.2) is 4.39 Å². The van der Waals surface area contributed by atoms with Gasteiger partial charge < -0.3 is 15.4 Å². The predicted molar refractivity (Wildman–Crippen MR) is 62.0 cm³/mol. The minimum atomic E-state index is -0.488. The molecular weight excluding hydrogens is 279 g/mol. The maximum atomic E-state index is 13.3. The van der Waals surface area contributed by atoms with Gasteiger partial charge in [0.15, 0.2) is 0 Å². The van der Waals surface area contributed by atoms with Crippen LogP contribution in [-0.4, -0.2) is 25.7 Å². The molecule has 1 aliphatic rings. The number of rotatable bonds is 2. The molecule has 1 aromatic rings. The fourth-order valence-corrected chi connectivity index (χ4v) is 1.87.